The molecule has 0 saturated carbocycles. The van der Waals surface area contributed by atoms with Crippen molar-refractivity contribution >= 4 is 5.97 Å². The van der Waals surface area contributed by atoms with Gasteiger partial charge < -0.3 is 33.5 Å². The Bertz CT molecular complexity index is 1190. The lowest BCUT2D eigenvalue weighted by molar-refractivity contribution is -0.326. The maximum Gasteiger partial charge on any atom is 0.305 e. The lowest BCUT2D eigenvalue weighted by Crippen LogP contribution is -2.61. The highest BCUT2D eigenvalue weighted by Gasteiger charge is 2.48. The van der Waals surface area contributed by atoms with E-state index in [4.69, 9.17) is 28.4 Å². The first-order valence-corrected chi connectivity index (χ1v) is 16.1. The first-order chi connectivity index (χ1) is 22.2. The Balaban J connectivity index is 1.43. The van der Waals surface area contributed by atoms with Gasteiger partial charge in [-0.2, -0.15) is 0 Å². The highest BCUT2D eigenvalue weighted by atomic mass is 16.7. The third-order valence-corrected chi connectivity index (χ3v) is 7.91. The molecule has 4 rings (SSSR count). The average Bonchev–Trinajstić information content (AvgIpc) is 3.09. The molecule has 0 aliphatic carbocycles. The Morgan fingerprint density at radius 3 is 1.60 bits per heavy atom. The van der Waals surface area contributed by atoms with Crippen LogP contribution in [-0.2, 0) is 53.0 Å². The van der Waals surface area contributed by atoms with E-state index in [1.807, 2.05) is 91.0 Å². The molecule has 0 aromatic heterocycles. The molecule has 0 spiro atoms. The number of hydrogen-bond acceptors (Lipinski definition) is 8. The van der Waals surface area contributed by atoms with E-state index in [0.717, 1.165) is 55.2 Å². The molecule has 0 amide bonds. The van der Waals surface area contributed by atoms with Crippen molar-refractivity contribution in [1.82, 2.24) is 0 Å². The Hall–Kier alpha value is -3.11. The van der Waals surface area contributed by atoms with Gasteiger partial charge in [-0.25, -0.2) is 0 Å². The molecule has 45 heavy (non-hydrogen) atoms. The van der Waals surface area contributed by atoms with Crippen molar-refractivity contribution in [2.45, 2.75) is 95.5 Å². The highest BCUT2D eigenvalue weighted by molar-refractivity contribution is 5.68. The summed E-state index contributed by atoms with van der Waals surface area (Å²) in [7, 11) is 1.42. The second-order valence-corrected chi connectivity index (χ2v) is 11.3. The lowest BCUT2D eigenvalue weighted by Gasteiger charge is -2.45. The summed E-state index contributed by atoms with van der Waals surface area (Å²) in [4.78, 5) is 11.3. The monoisotopic (exact) mass is 620 g/mol. The summed E-state index contributed by atoms with van der Waals surface area (Å²) in [5.74, 6) is -0.153. The van der Waals surface area contributed by atoms with Crippen molar-refractivity contribution in [2.75, 3.05) is 20.3 Å². The number of aliphatic hydroxyl groups excluding tert-OH is 1. The van der Waals surface area contributed by atoms with Crippen molar-refractivity contribution in [3.63, 3.8) is 0 Å². The normalized spacial score (nSPS) is 21.4. The van der Waals surface area contributed by atoms with Gasteiger partial charge in [-0.3, -0.25) is 4.79 Å². The zero-order valence-electron chi connectivity index (χ0n) is 26.3. The zero-order chi connectivity index (χ0) is 31.5. The molecule has 3 aromatic carbocycles. The molecule has 1 aliphatic heterocycles. The third kappa shape index (κ3) is 12.0. The van der Waals surface area contributed by atoms with Crippen LogP contribution in [0.25, 0.3) is 0 Å². The van der Waals surface area contributed by atoms with Gasteiger partial charge in [-0.1, -0.05) is 117 Å². The molecule has 1 saturated heterocycles. The van der Waals surface area contributed by atoms with Gasteiger partial charge in [0.15, 0.2) is 6.29 Å². The molecule has 1 N–H and O–H groups in total. The van der Waals surface area contributed by atoms with Gasteiger partial charge in [0.25, 0.3) is 0 Å². The van der Waals surface area contributed by atoms with Crippen LogP contribution in [-0.4, -0.2) is 62.1 Å². The van der Waals surface area contributed by atoms with Gasteiger partial charge in [0, 0.05) is 13.0 Å². The van der Waals surface area contributed by atoms with E-state index in [1.165, 1.54) is 7.11 Å². The van der Waals surface area contributed by atoms with Crippen LogP contribution in [0, 0.1) is 0 Å². The fourth-order valence-electron chi connectivity index (χ4n) is 5.41. The van der Waals surface area contributed by atoms with E-state index < -0.39 is 30.7 Å². The van der Waals surface area contributed by atoms with E-state index >= 15 is 0 Å². The van der Waals surface area contributed by atoms with Crippen LogP contribution in [0.1, 0.15) is 61.6 Å². The van der Waals surface area contributed by atoms with Crippen molar-refractivity contribution < 1.29 is 38.3 Å². The Morgan fingerprint density at radius 2 is 1.09 bits per heavy atom. The van der Waals surface area contributed by atoms with Gasteiger partial charge in [-0.05, 0) is 29.5 Å². The molecular weight excluding hydrogens is 572 g/mol. The van der Waals surface area contributed by atoms with Crippen molar-refractivity contribution in [3.8, 4) is 0 Å². The maximum atomic E-state index is 11.3. The summed E-state index contributed by atoms with van der Waals surface area (Å²) in [5, 5.41) is 10.5. The number of unbranched alkanes of at least 4 members (excludes halogenated alkanes) is 5. The number of rotatable bonds is 20. The van der Waals surface area contributed by atoms with Crippen LogP contribution in [0.15, 0.2) is 91.0 Å². The molecule has 8 nitrogen and oxygen atoms in total. The minimum absolute atomic E-state index is 0.153. The van der Waals surface area contributed by atoms with Crippen LogP contribution in [0.5, 0.6) is 0 Å². The first-order valence-electron chi connectivity index (χ1n) is 16.1. The number of benzene rings is 3. The zero-order valence-corrected chi connectivity index (χ0v) is 26.3. The summed E-state index contributed by atoms with van der Waals surface area (Å²) in [5.41, 5.74) is 3.06. The molecule has 8 heteroatoms. The van der Waals surface area contributed by atoms with Gasteiger partial charge >= 0.3 is 5.97 Å². The summed E-state index contributed by atoms with van der Waals surface area (Å²) < 4.78 is 37.0. The molecule has 0 unspecified atom stereocenters. The molecule has 0 bridgehead atoms. The molecule has 244 valence electrons. The Kier molecular flexibility index (Phi) is 15.5. The summed E-state index contributed by atoms with van der Waals surface area (Å²) >= 11 is 0. The van der Waals surface area contributed by atoms with Crippen LogP contribution < -0.4 is 0 Å². The Labute approximate surface area is 267 Å². The fourth-order valence-corrected chi connectivity index (χ4v) is 5.41. The number of esters is 1. The molecule has 1 heterocycles. The number of carbonyl (C=O) groups excluding carboxylic acids is 1. The molecule has 1 fully saturated rings. The van der Waals surface area contributed by atoms with Gasteiger partial charge in [-0.15, -0.1) is 0 Å². The average molecular weight is 621 g/mol. The number of carbonyl (C=O) groups is 1. The number of ether oxygens (including phenoxy) is 6. The second kappa shape index (κ2) is 20.1. The van der Waals surface area contributed by atoms with E-state index in [1.54, 1.807) is 0 Å². The molecule has 3 aromatic rings. The quantitative estimate of drug-likeness (QED) is 0.115. The van der Waals surface area contributed by atoms with Crippen LogP contribution >= 0.6 is 0 Å². The Morgan fingerprint density at radius 1 is 0.622 bits per heavy atom. The first kappa shape index (κ1) is 34.8. The van der Waals surface area contributed by atoms with E-state index in [9.17, 15) is 9.90 Å². The number of methoxy groups -OCH3 is 1. The highest BCUT2D eigenvalue weighted by Crippen LogP contribution is 2.31. The topological polar surface area (TPSA) is 92.7 Å². The standard InChI is InChI=1S/C37H48O8/c1-40-33(39)23-15-4-2-3-5-16-24-41-37-36(44-28-31-21-13-8-14-22-31)35(43-27-30-19-11-7-12-20-30)34(32(25-38)45-37)42-26-29-17-9-6-10-18-29/h6-14,17-22,32,34-38H,2-5,15-16,23-28H2,1H3/t32-,34-,35+,36+,37-/m1/s1. The number of hydrogen-bond donors (Lipinski definition) is 1. The number of aliphatic hydroxyl groups is 1. The third-order valence-electron chi connectivity index (χ3n) is 7.91. The fraction of sp³-hybridized carbons (Fsp3) is 0.486. The largest absolute Gasteiger partial charge is 0.469 e. The maximum absolute atomic E-state index is 11.3. The van der Waals surface area contributed by atoms with Gasteiger partial charge in [0.1, 0.15) is 24.4 Å². The summed E-state index contributed by atoms with van der Waals surface area (Å²) in [6.07, 6.45) is 3.12. The minimum Gasteiger partial charge on any atom is -0.469 e. The summed E-state index contributed by atoms with van der Waals surface area (Å²) in [6, 6.07) is 29.9. The van der Waals surface area contributed by atoms with E-state index in [2.05, 4.69) is 0 Å². The predicted octanol–water partition coefficient (Wildman–Crippen LogP) is 6.38. The van der Waals surface area contributed by atoms with E-state index in [-0.39, 0.29) is 12.6 Å². The molecule has 0 radical (unpaired) electrons. The molecule has 5 atom stereocenters. The smallest absolute Gasteiger partial charge is 0.305 e. The van der Waals surface area contributed by atoms with Crippen LogP contribution in [0.3, 0.4) is 0 Å². The van der Waals surface area contributed by atoms with Crippen molar-refractivity contribution in [1.29, 1.82) is 0 Å². The van der Waals surface area contributed by atoms with E-state index in [0.29, 0.717) is 32.8 Å². The van der Waals surface area contributed by atoms with Crippen molar-refractivity contribution in [2.24, 2.45) is 0 Å². The summed E-state index contributed by atoms with van der Waals surface area (Å²) in [6.45, 7) is 1.27. The molecule has 1 aliphatic rings. The van der Waals surface area contributed by atoms with Gasteiger partial charge in [0.2, 0.25) is 0 Å². The molecular formula is C37H48O8. The predicted molar refractivity (Wildman–Crippen MR) is 171 cm³/mol. The minimum atomic E-state index is -0.747. The van der Waals surface area contributed by atoms with Crippen LogP contribution in [0.4, 0.5) is 0 Å². The van der Waals surface area contributed by atoms with Gasteiger partial charge in [0.05, 0.1) is 33.5 Å². The lowest BCUT2D eigenvalue weighted by atomic mass is 9.98. The van der Waals surface area contributed by atoms with Crippen LogP contribution in [0.2, 0.25) is 0 Å². The second-order valence-electron chi connectivity index (χ2n) is 11.3. The van der Waals surface area contributed by atoms with Crippen molar-refractivity contribution in [3.05, 3.63) is 108 Å². The SMILES string of the molecule is COC(=O)CCCCCCCCO[C@@H]1O[C@H](CO)[C@@H](OCc2ccccc2)[C@H](OCc2ccccc2)[C@@H]1OCc1ccccc1.